The van der Waals surface area contributed by atoms with Crippen molar-refractivity contribution in [3.8, 4) is 0 Å². The first-order valence-electron chi connectivity index (χ1n) is 3.49. The Labute approximate surface area is 61.4 Å². The molecule has 54 valence electrons. The van der Waals surface area contributed by atoms with Crippen LogP contribution in [0.3, 0.4) is 0 Å². The molecule has 0 saturated heterocycles. The number of carbonyl (C=O) groups is 1. The lowest BCUT2D eigenvalue weighted by molar-refractivity contribution is -0.104. The highest BCUT2D eigenvalue weighted by molar-refractivity contribution is 5.77. The Bertz CT molecular complexity index is 197. The second kappa shape index (κ2) is 2.41. The van der Waals surface area contributed by atoms with Crippen molar-refractivity contribution in [2.75, 3.05) is 0 Å². The summed E-state index contributed by atoms with van der Waals surface area (Å²) in [4.78, 5) is 10.3. The first-order valence-corrected chi connectivity index (χ1v) is 3.49. The van der Waals surface area contributed by atoms with Crippen LogP contribution in [0.2, 0.25) is 0 Å². The summed E-state index contributed by atoms with van der Waals surface area (Å²) in [6.07, 6.45) is 7.81. The molecule has 1 rings (SSSR count). The Morgan fingerprint density at radius 3 is 2.70 bits per heavy atom. The Kier molecular flexibility index (Phi) is 1.75. The van der Waals surface area contributed by atoms with E-state index in [0.29, 0.717) is 0 Å². The molecule has 0 aliphatic heterocycles. The summed E-state index contributed by atoms with van der Waals surface area (Å²) in [5, 5.41) is 0. The second-order valence-corrected chi connectivity index (χ2v) is 3.35. The molecule has 0 saturated carbocycles. The van der Waals surface area contributed by atoms with Crippen molar-refractivity contribution in [1.82, 2.24) is 0 Å². The van der Waals surface area contributed by atoms with Crippen molar-refractivity contribution in [3.05, 3.63) is 23.8 Å². The van der Waals surface area contributed by atoms with Gasteiger partial charge >= 0.3 is 0 Å². The summed E-state index contributed by atoms with van der Waals surface area (Å²) in [6.45, 7) is 4.31. The molecule has 10 heavy (non-hydrogen) atoms. The fourth-order valence-electron chi connectivity index (χ4n) is 0.926. The van der Waals surface area contributed by atoms with Gasteiger partial charge in [-0.05, 0) is 11.8 Å². The third-order valence-corrected chi connectivity index (χ3v) is 1.73. The lowest BCUT2D eigenvalue weighted by Crippen LogP contribution is -2.09. The average Bonchev–Trinajstić information content (AvgIpc) is 1.88. The number of allylic oxidation sites excluding steroid dienone is 4. The van der Waals surface area contributed by atoms with Crippen LogP contribution in [0.15, 0.2) is 23.8 Å². The van der Waals surface area contributed by atoms with Gasteiger partial charge in [-0.2, -0.15) is 0 Å². The summed E-state index contributed by atoms with van der Waals surface area (Å²) in [5.41, 5.74) is 1.05. The number of hydrogen-bond acceptors (Lipinski definition) is 1. The molecule has 0 aromatic rings. The van der Waals surface area contributed by atoms with E-state index in [1.807, 2.05) is 12.2 Å². The van der Waals surface area contributed by atoms with Gasteiger partial charge in [-0.3, -0.25) is 4.79 Å². The van der Waals surface area contributed by atoms with E-state index in [4.69, 9.17) is 0 Å². The first-order chi connectivity index (χ1) is 4.64. The highest BCUT2D eigenvalue weighted by Crippen LogP contribution is 2.27. The molecule has 0 unspecified atom stereocenters. The molecular formula is C9H12O. The van der Waals surface area contributed by atoms with Gasteiger partial charge in [0, 0.05) is 5.57 Å². The standard InChI is InChI=1S/C9H12O/c1-9(2)5-3-8(7-10)4-6-9/h3-5,7H,6H2,1-2H3. The number of aldehydes is 1. The van der Waals surface area contributed by atoms with Gasteiger partial charge < -0.3 is 0 Å². The zero-order chi connectivity index (χ0) is 7.61. The van der Waals surface area contributed by atoms with Gasteiger partial charge in [0.15, 0.2) is 0 Å². The highest BCUT2D eigenvalue weighted by atomic mass is 16.1. The van der Waals surface area contributed by atoms with E-state index in [2.05, 4.69) is 19.9 Å². The maximum absolute atomic E-state index is 10.3. The summed E-state index contributed by atoms with van der Waals surface area (Å²) >= 11 is 0. The van der Waals surface area contributed by atoms with Crippen molar-refractivity contribution >= 4 is 6.29 Å². The normalized spacial score (nSPS) is 22.0. The molecule has 1 heteroatoms. The van der Waals surface area contributed by atoms with Crippen molar-refractivity contribution in [1.29, 1.82) is 0 Å². The van der Waals surface area contributed by atoms with Gasteiger partial charge in [0.2, 0.25) is 0 Å². The van der Waals surface area contributed by atoms with Crippen LogP contribution in [0, 0.1) is 5.41 Å². The van der Waals surface area contributed by atoms with Gasteiger partial charge in [-0.25, -0.2) is 0 Å². The third kappa shape index (κ3) is 1.56. The Hall–Kier alpha value is -0.850. The van der Waals surface area contributed by atoms with E-state index in [9.17, 15) is 4.79 Å². The van der Waals surface area contributed by atoms with Gasteiger partial charge in [0.1, 0.15) is 6.29 Å². The molecule has 1 aliphatic carbocycles. The predicted octanol–water partition coefficient (Wildman–Crippen LogP) is 2.10. The maximum atomic E-state index is 10.3. The summed E-state index contributed by atoms with van der Waals surface area (Å²) in [5.74, 6) is 0. The van der Waals surface area contributed by atoms with Crippen LogP contribution in [-0.2, 0) is 4.79 Å². The Balaban J connectivity index is 2.72. The molecule has 0 atom stereocenters. The molecule has 0 fully saturated rings. The lowest BCUT2D eigenvalue weighted by atomic mass is 9.84. The van der Waals surface area contributed by atoms with Crippen molar-refractivity contribution in [3.63, 3.8) is 0 Å². The maximum Gasteiger partial charge on any atom is 0.149 e. The van der Waals surface area contributed by atoms with Gasteiger partial charge in [0.05, 0.1) is 0 Å². The SMILES string of the molecule is CC1(C)C=CC(C=O)=CC1. The first kappa shape index (κ1) is 7.26. The predicted molar refractivity (Wildman–Crippen MR) is 41.7 cm³/mol. The van der Waals surface area contributed by atoms with Gasteiger partial charge in [-0.15, -0.1) is 0 Å². The van der Waals surface area contributed by atoms with Gasteiger partial charge in [0.25, 0.3) is 0 Å². The highest BCUT2D eigenvalue weighted by Gasteiger charge is 2.14. The molecule has 0 aromatic heterocycles. The topological polar surface area (TPSA) is 17.1 Å². The molecule has 1 aliphatic rings. The second-order valence-electron chi connectivity index (χ2n) is 3.35. The van der Waals surface area contributed by atoms with Crippen LogP contribution in [0.25, 0.3) is 0 Å². The molecular weight excluding hydrogens is 124 g/mol. The number of hydrogen-bond donors (Lipinski definition) is 0. The van der Waals surface area contributed by atoms with Crippen LogP contribution in [0.4, 0.5) is 0 Å². The molecule has 0 aromatic carbocycles. The average molecular weight is 136 g/mol. The summed E-state index contributed by atoms with van der Waals surface area (Å²) < 4.78 is 0. The number of rotatable bonds is 1. The lowest BCUT2D eigenvalue weighted by Gasteiger charge is -2.20. The molecule has 0 bridgehead atoms. The molecule has 0 radical (unpaired) electrons. The third-order valence-electron chi connectivity index (χ3n) is 1.73. The molecule has 1 nitrogen and oxygen atoms in total. The van der Waals surface area contributed by atoms with E-state index in [1.165, 1.54) is 0 Å². The largest absolute Gasteiger partial charge is 0.298 e. The van der Waals surface area contributed by atoms with Crippen molar-refractivity contribution in [2.45, 2.75) is 20.3 Å². The molecule has 0 N–H and O–H groups in total. The smallest absolute Gasteiger partial charge is 0.149 e. The van der Waals surface area contributed by atoms with Crippen LogP contribution < -0.4 is 0 Å². The van der Waals surface area contributed by atoms with Crippen molar-refractivity contribution in [2.24, 2.45) is 5.41 Å². The minimum atomic E-state index is 0.243. The van der Waals surface area contributed by atoms with E-state index >= 15 is 0 Å². The van der Waals surface area contributed by atoms with E-state index in [0.717, 1.165) is 18.3 Å². The van der Waals surface area contributed by atoms with E-state index in [-0.39, 0.29) is 5.41 Å². The fourth-order valence-corrected chi connectivity index (χ4v) is 0.926. The Morgan fingerprint density at radius 2 is 2.30 bits per heavy atom. The van der Waals surface area contributed by atoms with Gasteiger partial charge in [-0.1, -0.05) is 32.1 Å². The zero-order valence-corrected chi connectivity index (χ0v) is 6.42. The zero-order valence-electron chi connectivity index (χ0n) is 6.42. The minimum Gasteiger partial charge on any atom is -0.298 e. The van der Waals surface area contributed by atoms with Crippen LogP contribution in [0.5, 0.6) is 0 Å². The molecule has 0 amide bonds. The van der Waals surface area contributed by atoms with E-state index in [1.54, 1.807) is 0 Å². The summed E-state index contributed by atoms with van der Waals surface area (Å²) in [6, 6.07) is 0. The molecule has 0 spiro atoms. The van der Waals surface area contributed by atoms with Crippen LogP contribution >= 0.6 is 0 Å². The quantitative estimate of drug-likeness (QED) is 0.504. The van der Waals surface area contributed by atoms with E-state index < -0.39 is 0 Å². The monoisotopic (exact) mass is 136 g/mol. The Morgan fingerprint density at radius 1 is 1.60 bits per heavy atom. The number of carbonyl (C=O) groups excluding carboxylic acids is 1. The minimum absolute atomic E-state index is 0.243. The fraction of sp³-hybridized carbons (Fsp3) is 0.444. The van der Waals surface area contributed by atoms with Crippen LogP contribution in [0.1, 0.15) is 20.3 Å². The summed E-state index contributed by atoms with van der Waals surface area (Å²) in [7, 11) is 0. The molecule has 0 heterocycles. The van der Waals surface area contributed by atoms with Crippen molar-refractivity contribution < 1.29 is 4.79 Å². The van der Waals surface area contributed by atoms with Crippen LogP contribution in [-0.4, -0.2) is 6.29 Å².